The molecule has 0 spiro atoms. The van der Waals surface area contributed by atoms with Gasteiger partial charge in [-0.25, -0.2) is 4.98 Å². The Kier molecular flexibility index (Phi) is 5.33. The minimum atomic E-state index is -0.143. The van der Waals surface area contributed by atoms with Crippen molar-refractivity contribution in [1.29, 1.82) is 0 Å². The van der Waals surface area contributed by atoms with Gasteiger partial charge < -0.3 is 14.8 Å². The highest BCUT2D eigenvalue weighted by atomic mass is 35.5. The lowest BCUT2D eigenvalue weighted by molar-refractivity contribution is 0.0954. The van der Waals surface area contributed by atoms with Crippen LogP contribution in [-0.2, 0) is 6.54 Å². The fraction of sp³-hybridized carbons (Fsp3) is 0.263. The first-order valence-electron chi connectivity index (χ1n) is 8.49. The van der Waals surface area contributed by atoms with Gasteiger partial charge >= 0.3 is 0 Å². The Morgan fingerprint density at radius 3 is 3.00 bits per heavy atom. The third kappa shape index (κ3) is 3.95. The molecule has 0 bridgehead atoms. The van der Waals surface area contributed by atoms with E-state index in [0.29, 0.717) is 41.2 Å². The highest BCUT2D eigenvalue weighted by Gasteiger charge is 2.18. The second kappa shape index (κ2) is 7.88. The van der Waals surface area contributed by atoms with E-state index in [0.717, 1.165) is 27.6 Å². The summed E-state index contributed by atoms with van der Waals surface area (Å²) in [6, 6.07) is 7.64. The predicted molar refractivity (Wildman–Crippen MR) is 108 cm³/mol. The lowest BCUT2D eigenvalue weighted by atomic mass is 10.2. The number of thiazole rings is 1. The van der Waals surface area contributed by atoms with Gasteiger partial charge in [-0.2, -0.15) is 0 Å². The Morgan fingerprint density at radius 1 is 1.33 bits per heavy atom. The largest absolute Gasteiger partial charge is 0.489 e. The number of hydrogen-bond acceptors (Lipinski definition) is 6. The van der Waals surface area contributed by atoms with Crippen molar-refractivity contribution in [1.82, 2.24) is 10.3 Å². The number of benzene rings is 1. The van der Waals surface area contributed by atoms with Gasteiger partial charge in [-0.05, 0) is 36.1 Å². The van der Waals surface area contributed by atoms with Crippen LogP contribution in [-0.4, -0.2) is 24.1 Å². The second-order valence-electron chi connectivity index (χ2n) is 6.05. The maximum atomic E-state index is 12.6. The third-order valence-electron chi connectivity index (χ3n) is 4.05. The Morgan fingerprint density at radius 2 is 2.19 bits per heavy atom. The Bertz CT molecular complexity index is 970. The van der Waals surface area contributed by atoms with E-state index in [9.17, 15) is 4.79 Å². The SMILES string of the molecule is Cc1nc(-c2cccs2)sc1C(=O)NCc1cc(Cl)c2c(c1)OCCCO2. The molecule has 140 valence electrons. The molecule has 0 radical (unpaired) electrons. The van der Waals surface area contributed by atoms with Crippen molar-refractivity contribution in [2.45, 2.75) is 19.9 Å². The topological polar surface area (TPSA) is 60.5 Å². The normalized spacial score (nSPS) is 13.3. The Hall–Kier alpha value is -2.09. The molecular weight excluding hydrogens is 404 g/mol. The van der Waals surface area contributed by atoms with E-state index in [1.165, 1.54) is 11.3 Å². The number of hydrogen-bond donors (Lipinski definition) is 1. The number of thiophene rings is 1. The van der Waals surface area contributed by atoms with Gasteiger partial charge in [0.1, 0.15) is 9.88 Å². The molecule has 3 heterocycles. The molecule has 0 aliphatic carbocycles. The average Bonchev–Trinajstić information content (AvgIpc) is 3.24. The number of nitrogens with one attached hydrogen (secondary N) is 1. The molecule has 5 nitrogen and oxygen atoms in total. The van der Waals surface area contributed by atoms with Crippen LogP contribution in [0.5, 0.6) is 11.5 Å². The summed E-state index contributed by atoms with van der Waals surface area (Å²) in [5.41, 5.74) is 1.59. The van der Waals surface area contributed by atoms with E-state index in [4.69, 9.17) is 21.1 Å². The van der Waals surface area contributed by atoms with Gasteiger partial charge in [0.25, 0.3) is 5.91 Å². The first-order valence-corrected chi connectivity index (χ1v) is 10.6. The molecule has 3 aromatic rings. The number of rotatable bonds is 4. The Balaban J connectivity index is 1.48. The predicted octanol–water partition coefficient (Wildman–Crippen LogP) is 4.92. The van der Waals surface area contributed by atoms with Crippen LogP contribution in [0.15, 0.2) is 29.6 Å². The van der Waals surface area contributed by atoms with Crippen LogP contribution in [0.4, 0.5) is 0 Å². The molecule has 8 heteroatoms. The van der Waals surface area contributed by atoms with Gasteiger partial charge in [0.2, 0.25) is 0 Å². The van der Waals surface area contributed by atoms with Crippen LogP contribution < -0.4 is 14.8 Å². The van der Waals surface area contributed by atoms with Crippen LogP contribution in [0, 0.1) is 6.92 Å². The summed E-state index contributed by atoms with van der Waals surface area (Å²) >= 11 is 9.33. The van der Waals surface area contributed by atoms with Crippen molar-refractivity contribution in [3.63, 3.8) is 0 Å². The fourth-order valence-electron chi connectivity index (χ4n) is 2.76. The van der Waals surface area contributed by atoms with Crippen molar-refractivity contribution in [3.05, 3.63) is 50.8 Å². The number of ether oxygens (including phenoxy) is 2. The van der Waals surface area contributed by atoms with Gasteiger partial charge in [-0.15, -0.1) is 22.7 Å². The van der Waals surface area contributed by atoms with Crippen LogP contribution in [0.3, 0.4) is 0 Å². The summed E-state index contributed by atoms with van der Waals surface area (Å²) in [6.45, 7) is 3.37. The smallest absolute Gasteiger partial charge is 0.263 e. The summed E-state index contributed by atoms with van der Waals surface area (Å²) in [4.78, 5) is 18.8. The molecule has 1 aliphatic heterocycles. The highest BCUT2D eigenvalue weighted by molar-refractivity contribution is 7.22. The molecule has 1 amide bonds. The number of carbonyl (C=O) groups excluding carboxylic acids is 1. The summed E-state index contributed by atoms with van der Waals surface area (Å²) in [5.74, 6) is 1.05. The van der Waals surface area contributed by atoms with E-state index in [-0.39, 0.29) is 5.91 Å². The van der Waals surface area contributed by atoms with Crippen molar-refractivity contribution in [2.24, 2.45) is 0 Å². The van der Waals surface area contributed by atoms with E-state index in [2.05, 4.69) is 10.3 Å². The molecule has 0 fully saturated rings. The number of carbonyl (C=O) groups is 1. The van der Waals surface area contributed by atoms with Gasteiger partial charge in [-0.3, -0.25) is 4.79 Å². The Labute approximate surface area is 169 Å². The standard InChI is InChI=1S/C19H17ClN2O3S2/c1-11-17(27-19(22-11)15-4-2-7-26-15)18(23)21-10-12-8-13(20)16-14(9-12)24-5-3-6-25-16/h2,4,7-9H,3,5-6,10H2,1H3,(H,21,23). The average molecular weight is 421 g/mol. The van der Waals surface area contributed by atoms with E-state index < -0.39 is 0 Å². The first-order chi connectivity index (χ1) is 13.1. The quantitative estimate of drug-likeness (QED) is 0.650. The van der Waals surface area contributed by atoms with Crippen molar-refractivity contribution < 1.29 is 14.3 Å². The van der Waals surface area contributed by atoms with Crippen LogP contribution >= 0.6 is 34.3 Å². The summed E-state index contributed by atoms with van der Waals surface area (Å²) in [6.07, 6.45) is 0.814. The van der Waals surface area contributed by atoms with Gasteiger partial charge in [0.15, 0.2) is 11.5 Å². The van der Waals surface area contributed by atoms with Gasteiger partial charge in [-0.1, -0.05) is 17.7 Å². The van der Waals surface area contributed by atoms with E-state index >= 15 is 0 Å². The number of aromatic nitrogens is 1. The number of nitrogens with zero attached hydrogens (tertiary/aromatic N) is 1. The summed E-state index contributed by atoms with van der Waals surface area (Å²) < 4.78 is 11.3. The molecule has 0 saturated heterocycles. The van der Waals surface area contributed by atoms with Crippen molar-refractivity contribution in [3.8, 4) is 21.4 Å². The second-order valence-corrected chi connectivity index (χ2v) is 8.40. The minimum absolute atomic E-state index is 0.143. The molecular formula is C19H17ClN2O3S2. The monoisotopic (exact) mass is 420 g/mol. The summed E-state index contributed by atoms with van der Waals surface area (Å²) in [7, 11) is 0. The van der Waals surface area contributed by atoms with Crippen molar-refractivity contribution in [2.75, 3.05) is 13.2 Å². The highest BCUT2D eigenvalue weighted by Crippen LogP contribution is 2.38. The number of fused-ring (bicyclic) bond motifs is 1. The molecule has 27 heavy (non-hydrogen) atoms. The van der Waals surface area contributed by atoms with Crippen LogP contribution in [0.25, 0.3) is 9.88 Å². The maximum absolute atomic E-state index is 12.6. The third-order valence-corrected chi connectivity index (χ3v) is 6.53. The van der Waals surface area contributed by atoms with E-state index in [1.54, 1.807) is 17.4 Å². The minimum Gasteiger partial charge on any atom is -0.489 e. The molecule has 0 saturated carbocycles. The molecule has 0 unspecified atom stereocenters. The molecule has 1 N–H and O–H groups in total. The lowest BCUT2D eigenvalue weighted by Gasteiger charge is -2.12. The zero-order valence-corrected chi connectivity index (χ0v) is 17.0. The molecule has 4 rings (SSSR count). The molecule has 1 aromatic carbocycles. The summed E-state index contributed by atoms with van der Waals surface area (Å²) in [5, 5.41) is 6.30. The molecule has 0 atom stereocenters. The number of aryl methyl sites for hydroxylation is 1. The lowest BCUT2D eigenvalue weighted by Crippen LogP contribution is -2.22. The van der Waals surface area contributed by atoms with E-state index in [1.807, 2.05) is 30.5 Å². The van der Waals surface area contributed by atoms with Gasteiger partial charge in [0, 0.05) is 13.0 Å². The maximum Gasteiger partial charge on any atom is 0.263 e. The fourth-order valence-corrected chi connectivity index (χ4v) is 4.83. The zero-order valence-electron chi connectivity index (χ0n) is 14.6. The molecule has 2 aromatic heterocycles. The van der Waals surface area contributed by atoms with Crippen molar-refractivity contribution >= 4 is 40.2 Å². The van der Waals surface area contributed by atoms with Crippen LogP contribution in [0.1, 0.15) is 27.3 Å². The number of amides is 1. The van der Waals surface area contributed by atoms with Gasteiger partial charge in [0.05, 0.1) is 28.8 Å². The zero-order chi connectivity index (χ0) is 18.8. The molecule has 1 aliphatic rings. The number of halogens is 1. The van der Waals surface area contributed by atoms with Crippen LogP contribution in [0.2, 0.25) is 5.02 Å². The first kappa shape index (κ1) is 18.3.